The second-order valence-electron chi connectivity index (χ2n) is 8.86. The number of hydrogen-bond acceptors (Lipinski definition) is 6. The van der Waals surface area contributed by atoms with Crippen LogP contribution >= 0.6 is 0 Å². The maximum atomic E-state index is 12.7. The summed E-state index contributed by atoms with van der Waals surface area (Å²) in [6, 6.07) is -1.29. The fourth-order valence-corrected chi connectivity index (χ4v) is 3.60. The Kier molecular flexibility index (Phi) is 5.33. The van der Waals surface area contributed by atoms with Crippen LogP contribution in [-0.4, -0.2) is 53.2 Å². The smallest absolute Gasteiger partial charge is 0.155 e. The number of carbonyl (C=O) groups is 3. The van der Waals surface area contributed by atoms with Gasteiger partial charge in [0.15, 0.2) is 17.3 Å². The van der Waals surface area contributed by atoms with Crippen LogP contribution in [0.1, 0.15) is 53.9 Å². The lowest BCUT2D eigenvalue weighted by molar-refractivity contribution is -0.130. The molecule has 0 bridgehead atoms. The summed E-state index contributed by atoms with van der Waals surface area (Å²) in [5, 5.41) is 15.8. The van der Waals surface area contributed by atoms with Crippen LogP contribution in [0.25, 0.3) is 0 Å². The molecule has 24 heavy (non-hydrogen) atoms. The van der Waals surface area contributed by atoms with Crippen LogP contribution in [0, 0.1) is 10.8 Å². The van der Waals surface area contributed by atoms with Gasteiger partial charge in [-0.1, -0.05) is 34.6 Å². The van der Waals surface area contributed by atoms with Crippen molar-refractivity contribution in [1.82, 2.24) is 10.6 Å². The Balaban J connectivity index is 2.00. The number of hydrogen-bond donors (Lipinski definition) is 3. The molecule has 0 spiro atoms. The van der Waals surface area contributed by atoms with Gasteiger partial charge in [0.25, 0.3) is 0 Å². The van der Waals surface area contributed by atoms with Gasteiger partial charge in [0, 0.05) is 23.8 Å². The highest BCUT2D eigenvalue weighted by Crippen LogP contribution is 2.31. The van der Waals surface area contributed by atoms with Crippen molar-refractivity contribution in [3.63, 3.8) is 0 Å². The summed E-state index contributed by atoms with van der Waals surface area (Å²) in [6.45, 7) is 9.62. The summed E-state index contributed by atoms with van der Waals surface area (Å²) in [6.07, 6.45) is 0.493. The van der Waals surface area contributed by atoms with E-state index in [1.54, 1.807) is 0 Å². The maximum absolute atomic E-state index is 12.7. The summed E-state index contributed by atoms with van der Waals surface area (Å²) < 4.78 is 0. The number of aliphatic hydroxyl groups excluding tert-OH is 1. The van der Waals surface area contributed by atoms with Gasteiger partial charge in [-0.2, -0.15) is 0 Å². The summed E-state index contributed by atoms with van der Waals surface area (Å²) in [4.78, 5) is 37.4. The SMILES string of the molecule is CC(C)(C)C(=O)[C@@H]1CC(=O)C(CC(C)(C)C(=O)[C@@H]2C[C@H](O)CN2)N1. The molecule has 0 aromatic carbocycles. The minimum Gasteiger partial charge on any atom is -0.392 e. The van der Waals surface area contributed by atoms with Gasteiger partial charge in [-0.25, -0.2) is 0 Å². The van der Waals surface area contributed by atoms with E-state index in [0.717, 1.165) is 0 Å². The Bertz CT molecular complexity index is 536. The highest BCUT2D eigenvalue weighted by atomic mass is 16.3. The van der Waals surface area contributed by atoms with E-state index in [9.17, 15) is 19.5 Å². The van der Waals surface area contributed by atoms with Gasteiger partial charge in [-0.15, -0.1) is 0 Å². The maximum Gasteiger partial charge on any atom is 0.155 e. The van der Waals surface area contributed by atoms with Crippen molar-refractivity contribution < 1.29 is 19.5 Å². The van der Waals surface area contributed by atoms with Crippen LogP contribution in [-0.2, 0) is 14.4 Å². The first-order valence-electron chi connectivity index (χ1n) is 8.70. The zero-order valence-electron chi connectivity index (χ0n) is 15.3. The van der Waals surface area contributed by atoms with E-state index in [-0.39, 0.29) is 29.8 Å². The fraction of sp³-hybridized carbons (Fsp3) is 0.833. The molecule has 2 rings (SSSR count). The van der Waals surface area contributed by atoms with E-state index in [1.807, 2.05) is 34.6 Å². The van der Waals surface area contributed by atoms with E-state index in [4.69, 9.17) is 0 Å². The van der Waals surface area contributed by atoms with E-state index >= 15 is 0 Å². The molecule has 1 unspecified atom stereocenters. The average Bonchev–Trinajstić information content (AvgIpc) is 3.03. The van der Waals surface area contributed by atoms with Crippen LogP contribution in [0.4, 0.5) is 0 Å². The molecule has 2 fully saturated rings. The molecule has 6 nitrogen and oxygen atoms in total. The molecular formula is C18H30N2O4. The lowest BCUT2D eigenvalue weighted by Gasteiger charge is -2.29. The molecule has 4 atom stereocenters. The number of Topliss-reactive ketones (excluding diaryl/α,β-unsaturated/α-hetero) is 3. The number of carbonyl (C=O) groups excluding carboxylic acids is 3. The molecule has 0 saturated carbocycles. The van der Waals surface area contributed by atoms with Crippen LogP contribution < -0.4 is 10.6 Å². The largest absolute Gasteiger partial charge is 0.392 e. The molecule has 0 aliphatic carbocycles. The quantitative estimate of drug-likeness (QED) is 0.680. The Morgan fingerprint density at radius 2 is 1.75 bits per heavy atom. The third kappa shape index (κ3) is 4.10. The molecule has 0 aromatic rings. The Labute approximate surface area is 143 Å². The van der Waals surface area contributed by atoms with Crippen molar-refractivity contribution in [3.8, 4) is 0 Å². The Morgan fingerprint density at radius 3 is 2.25 bits per heavy atom. The van der Waals surface area contributed by atoms with Gasteiger partial charge in [0.05, 0.1) is 24.2 Å². The van der Waals surface area contributed by atoms with Gasteiger partial charge in [0.1, 0.15) is 0 Å². The first-order chi connectivity index (χ1) is 10.9. The monoisotopic (exact) mass is 338 g/mol. The summed E-state index contributed by atoms with van der Waals surface area (Å²) >= 11 is 0. The number of aliphatic hydroxyl groups is 1. The summed E-state index contributed by atoms with van der Waals surface area (Å²) in [5.41, 5.74) is -1.20. The number of ketones is 3. The lowest BCUT2D eigenvalue weighted by atomic mass is 9.78. The minimum atomic E-state index is -0.700. The highest BCUT2D eigenvalue weighted by Gasteiger charge is 2.44. The predicted octanol–water partition coefficient (Wildman–Crippen LogP) is 0.609. The molecule has 2 aliphatic heterocycles. The van der Waals surface area contributed by atoms with Crippen molar-refractivity contribution in [1.29, 1.82) is 0 Å². The van der Waals surface area contributed by atoms with Gasteiger partial charge < -0.3 is 10.4 Å². The fourth-order valence-electron chi connectivity index (χ4n) is 3.60. The normalized spacial score (nSPS) is 31.5. The van der Waals surface area contributed by atoms with Crippen molar-refractivity contribution in [2.24, 2.45) is 10.8 Å². The lowest BCUT2D eigenvalue weighted by Crippen LogP contribution is -2.46. The van der Waals surface area contributed by atoms with E-state index in [1.165, 1.54) is 0 Å². The third-order valence-corrected chi connectivity index (χ3v) is 5.06. The zero-order chi connectivity index (χ0) is 18.3. The van der Waals surface area contributed by atoms with E-state index in [0.29, 0.717) is 19.4 Å². The molecular weight excluding hydrogens is 308 g/mol. The molecule has 0 radical (unpaired) electrons. The molecule has 3 N–H and O–H groups in total. The van der Waals surface area contributed by atoms with E-state index in [2.05, 4.69) is 10.6 Å². The predicted molar refractivity (Wildman–Crippen MR) is 90.6 cm³/mol. The molecule has 2 aliphatic rings. The molecule has 6 heteroatoms. The third-order valence-electron chi connectivity index (χ3n) is 5.06. The van der Waals surface area contributed by atoms with Crippen molar-refractivity contribution in [3.05, 3.63) is 0 Å². The van der Waals surface area contributed by atoms with Crippen molar-refractivity contribution in [2.45, 2.75) is 78.1 Å². The minimum absolute atomic E-state index is 0.00195. The first kappa shape index (κ1) is 19.2. The van der Waals surface area contributed by atoms with Gasteiger partial charge >= 0.3 is 0 Å². The molecule has 2 saturated heterocycles. The second-order valence-corrected chi connectivity index (χ2v) is 8.86. The van der Waals surface area contributed by atoms with Crippen LogP contribution in [0.5, 0.6) is 0 Å². The molecule has 0 aromatic heterocycles. The van der Waals surface area contributed by atoms with Gasteiger partial charge in [0.2, 0.25) is 0 Å². The van der Waals surface area contributed by atoms with E-state index < -0.39 is 29.0 Å². The molecule has 136 valence electrons. The van der Waals surface area contributed by atoms with Crippen molar-refractivity contribution in [2.75, 3.05) is 6.54 Å². The zero-order valence-corrected chi connectivity index (χ0v) is 15.3. The average molecular weight is 338 g/mol. The molecule has 2 heterocycles. The van der Waals surface area contributed by atoms with Crippen LogP contribution in [0.2, 0.25) is 0 Å². The summed E-state index contributed by atoms with van der Waals surface area (Å²) in [5.74, 6) is 0.0419. The second kappa shape index (κ2) is 6.65. The Morgan fingerprint density at radius 1 is 1.12 bits per heavy atom. The van der Waals surface area contributed by atoms with Crippen LogP contribution in [0.15, 0.2) is 0 Å². The van der Waals surface area contributed by atoms with Crippen LogP contribution in [0.3, 0.4) is 0 Å². The topological polar surface area (TPSA) is 95.5 Å². The number of rotatable bonds is 5. The first-order valence-corrected chi connectivity index (χ1v) is 8.70. The van der Waals surface area contributed by atoms with Gasteiger partial charge in [-0.3, -0.25) is 19.7 Å². The Hall–Kier alpha value is -1.11. The van der Waals surface area contributed by atoms with Crippen molar-refractivity contribution >= 4 is 17.3 Å². The number of nitrogens with one attached hydrogen (secondary N) is 2. The standard InChI is InChI=1S/C18H30N2O4/c1-17(2,3)15(23)12-7-14(22)13(20-12)8-18(4,5)16(24)11-6-10(21)9-19-11/h10-13,19-21H,6-9H2,1-5H3/t10-,11-,12-,13?/m0/s1. The highest BCUT2D eigenvalue weighted by molar-refractivity contribution is 5.99. The summed E-state index contributed by atoms with van der Waals surface area (Å²) in [7, 11) is 0. The van der Waals surface area contributed by atoms with Gasteiger partial charge in [-0.05, 0) is 12.8 Å². The number of β-amino-alcohol motifs (C(OH)–C–C–N with tert-alkyl or cyclic N) is 1. The molecule has 0 amide bonds.